The third-order valence-electron chi connectivity index (χ3n) is 3.02. The van der Waals surface area contributed by atoms with Crippen molar-refractivity contribution in [3.05, 3.63) is 59.9 Å². The second-order valence-electron chi connectivity index (χ2n) is 4.77. The Balaban J connectivity index is 1.83. The predicted octanol–water partition coefficient (Wildman–Crippen LogP) is 2.51. The maximum atomic E-state index is 12.0. The maximum Gasteiger partial charge on any atom is 0.241 e. The molecule has 0 spiro atoms. The molecule has 1 amide bonds. The van der Waals surface area contributed by atoms with Gasteiger partial charge in [0.1, 0.15) is 0 Å². The second kappa shape index (κ2) is 6.82. The number of pyridine rings is 1. The number of nitrogens with zero attached hydrogens (tertiary/aromatic N) is 1. The van der Waals surface area contributed by atoms with E-state index in [1.807, 2.05) is 62.5 Å². The number of benzene rings is 1. The number of aromatic nitrogens is 1. The van der Waals surface area contributed by atoms with Crippen molar-refractivity contribution in [2.45, 2.75) is 26.4 Å². The summed E-state index contributed by atoms with van der Waals surface area (Å²) in [6.45, 7) is 4.42. The third-order valence-corrected chi connectivity index (χ3v) is 3.02. The first-order chi connectivity index (χ1) is 9.65. The Labute approximate surface area is 119 Å². The van der Waals surface area contributed by atoms with Gasteiger partial charge in [-0.25, -0.2) is 0 Å². The van der Waals surface area contributed by atoms with Gasteiger partial charge in [0.15, 0.2) is 0 Å². The van der Waals surface area contributed by atoms with Crippen molar-refractivity contribution in [1.29, 1.82) is 0 Å². The summed E-state index contributed by atoms with van der Waals surface area (Å²) < 4.78 is 0. The summed E-state index contributed by atoms with van der Waals surface area (Å²) in [4.78, 5) is 16.2. The van der Waals surface area contributed by atoms with Gasteiger partial charge < -0.3 is 10.6 Å². The molecular formula is C16H19N3O. The van der Waals surface area contributed by atoms with Crippen LogP contribution in [0.15, 0.2) is 48.7 Å². The van der Waals surface area contributed by atoms with Crippen LogP contribution >= 0.6 is 0 Å². The molecule has 0 saturated heterocycles. The average Bonchev–Trinajstić information content (AvgIpc) is 2.47. The van der Waals surface area contributed by atoms with Gasteiger partial charge in [0.2, 0.25) is 5.91 Å². The Morgan fingerprint density at radius 3 is 2.60 bits per heavy atom. The summed E-state index contributed by atoms with van der Waals surface area (Å²) in [6, 6.07) is 13.2. The molecule has 1 unspecified atom stereocenters. The summed E-state index contributed by atoms with van der Waals surface area (Å²) in [5.74, 6) is -0.0451. The van der Waals surface area contributed by atoms with Crippen LogP contribution in [-0.2, 0) is 11.3 Å². The monoisotopic (exact) mass is 269 g/mol. The van der Waals surface area contributed by atoms with Crippen LogP contribution in [0.25, 0.3) is 0 Å². The molecule has 1 atom stereocenters. The zero-order chi connectivity index (χ0) is 14.4. The van der Waals surface area contributed by atoms with E-state index in [2.05, 4.69) is 15.6 Å². The molecule has 104 valence electrons. The number of hydrogen-bond acceptors (Lipinski definition) is 3. The lowest BCUT2D eigenvalue weighted by atomic mass is 10.2. The van der Waals surface area contributed by atoms with Crippen molar-refractivity contribution < 1.29 is 4.79 Å². The fraction of sp³-hybridized carbons (Fsp3) is 0.250. The smallest absolute Gasteiger partial charge is 0.241 e. The number of para-hydroxylation sites is 1. The summed E-state index contributed by atoms with van der Waals surface area (Å²) >= 11 is 0. The maximum absolute atomic E-state index is 12.0. The molecule has 4 nitrogen and oxygen atoms in total. The molecular weight excluding hydrogens is 250 g/mol. The number of amides is 1. The zero-order valence-electron chi connectivity index (χ0n) is 11.8. The molecule has 2 aromatic rings. The van der Waals surface area contributed by atoms with E-state index >= 15 is 0 Å². The van der Waals surface area contributed by atoms with Crippen molar-refractivity contribution in [1.82, 2.24) is 10.3 Å². The molecule has 0 aliphatic heterocycles. The van der Waals surface area contributed by atoms with E-state index in [1.54, 1.807) is 0 Å². The van der Waals surface area contributed by atoms with Crippen LogP contribution in [0.4, 0.5) is 5.69 Å². The van der Waals surface area contributed by atoms with E-state index in [9.17, 15) is 4.79 Å². The van der Waals surface area contributed by atoms with Crippen LogP contribution in [0.5, 0.6) is 0 Å². The van der Waals surface area contributed by atoms with Crippen molar-refractivity contribution in [3.63, 3.8) is 0 Å². The number of carbonyl (C=O) groups excluding carboxylic acids is 1. The molecule has 20 heavy (non-hydrogen) atoms. The summed E-state index contributed by atoms with van der Waals surface area (Å²) in [7, 11) is 0. The lowest BCUT2D eigenvalue weighted by Crippen LogP contribution is -2.37. The van der Waals surface area contributed by atoms with Gasteiger partial charge in [-0.3, -0.25) is 9.78 Å². The normalized spacial score (nSPS) is 11.9. The first-order valence-electron chi connectivity index (χ1n) is 6.66. The van der Waals surface area contributed by atoms with Crippen LogP contribution < -0.4 is 10.6 Å². The van der Waals surface area contributed by atoms with Gasteiger partial charge in [0, 0.05) is 24.1 Å². The van der Waals surface area contributed by atoms with Gasteiger partial charge in [0.05, 0.1) is 6.04 Å². The quantitative estimate of drug-likeness (QED) is 0.877. The second-order valence-corrected chi connectivity index (χ2v) is 4.77. The molecule has 2 rings (SSSR count). The topological polar surface area (TPSA) is 54.0 Å². The number of carbonyl (C=O) groups is 1. The van der Waals surface area contributed by atoms with Crippen LogP contribution in [0.2, 0.25) is 0 Å². The Morgan fingerprint density at radius 1 is 1.20 bits per heavy atom. The van der Waals surface area contributed by atoms with Crippen LogP contribution in [0.3, 0.4) is 0 Å². The highest BCUT2D eigenvalue weighted by atomic mass is 16.2. The van der Waals surface area contributed by atoms with Gasteiger partial charge in [-0.1, -0.05) is 24.3 Å². The summed E-state index contributed by atoms with van der Waals surface area (Å²) in [5.41, 5.74) is 2.86. The minimum Gasteiger partial charge on any atom is -0.325 e. The van der Waals surface area contributed by atoms with Gasteiger partial charge >= 0.3 is 0 Å². The first-order valence-corrected chi connectivity index (χ1v) is 6.66. The molecule has 4 heteroatoms. The van der Waals surface area contributed by atoms with Gasteiger partial charge in [0.25, 0.3) is 0 Å². The summed E-state index contributed by atoms with van der Waals surface area (Å²) in [5, 5.41) is 6.06. The molecule has 2 N–H and O–H groups in total. The third kappa shape index (κ3) is 4.17. The molecule has 1 aromatic carbocycles. The predicted molar refractivity (Wildman–Crippen MR) is 80.3 cm³/mol. The first kappa shape index (κ1) is 14.2. The number of aryl methyl sites for hydroxylation is 1. The largest absolute Gasteiger partial charge is 0.325 e. The summed E-state index contributed by atoms with van der Waals surface area (Å²) in [6.07, 6.45) is 1.82. The lowest BCUT2D eigenvalue weighted by Gasteiger charge is -2.14. The van der Waals surface area contributed by atoms with Crippen LogP contribution in [0.1, 0.15) is 18.2 Å². The Morgan fingerprint density at radius 2 is 1.95 bits per heavy atom. The van der Waals surface area contributed by atoms with Crippen molar-refractivity contribution in [2.24, 2.45) is 0 Å². The fourth-order valence-electron chi connectivity index (χ4n) is 1.74. The molecule has 1 heterocycles. The standard InChI is InChI=1S/C16H19N3O/c1-12-8-9-14(10-17-12)11-18-13(2)16(20)19-15-6-4-3-5-7-15/h3-10,13,18H,11H2,1-2H3,(H,19,20). The number of anilines is 1. The van der Waals surface area contributed by atoms with E-state index in [0.717, 1.165) is 16.9 Å². The number of rotatable bonds is 5. The van der Waals surface area contributed by atoms with Crippen LogP contribution in [-0.4, -0.2) is 16.9 Å². The molecule has 0 saturated carbocycles. The van der Waals surface area contributed by atoms with E-state index in [0.29, 0.717) is 6.54 Å². The number of nitrogens with one attached hydrogen (secondary N) is 2. The molecule has 0 fully saturated rings. The van der Waals surface area contributed by atoms with Crippen molar-refractivity contribution in [2.75, 3.05) is 5.32 Å². The molecule has 0 radical (unpaired) electrons. The zero-order valence-corrected chi connectivity index (χ0v) is 11.8. The van der Waals surface area contributed by atoms with Gasteiger partial charge in [-0.2, -0.15) is 0 Å². The van der Waals surface area contributed by atoms with E-state index in [4.69, 9.17) is 0 Å². The highest BCUT2D eigenvalue weighted by Crippen LogP contribution is 2.06. The Bertz CT molecular complexity index is 552. The molecule has 1 aromatic heterocycles. The highest BCUT2D eigenvalue weighted by Gasteiger charge is 2.12. The van der Waals surface area contributed by atoms with Gasteiger partial charge in [-0.05, 0) is 37.6 Å². The Kier molecular flexibility index (Phi) is 4.85. The molecule has 0 bridgehead atoms. The van der Waals surface area contributed by atoms with Crippen molar-refractivity contribution >= 4 is 11.6 Å². The lowest BCUT2D eigenvalue weighted by molar-refractivity contribution is -0.117. The van der Waals surface area contributed by atoms with Crippen molar-refractivity contribution in [3.8, 4) is 0 Å². The van der Waals surface area contributed by atoms with E-state index in [1.165, 1.54) is 0 Å². The number of hydrogen-bond donors (Lipinski definition) is 2. The Hall–Kier alpha value is -2.20. The average molecular weight is 269 g/mol. The minimum atomic E-state index is -0.267. The minimum absolute atomic E-state index is 0.0451. The highest BCUT2D eigenvalue weighted by molar-refractivity contribution is 5.94. The SMILES string of the molecule is Cc1ccc(CNC(C)C(=O)Nc2ccccc2)cn1. The van der Waals surface area contributed by atoms with E-state index < -0.39 is 0 Å². The molecule has 0 aliphatic carbocycles. The van der Waals surface area contributed by atoms with Gasteiger partial charge in [-0.15, -0.1) is 0 Å². The van der Waals surface area contributed by atoms with Crippen LogP contribution in [0, 0.1) is 6.92 Å². The fourth-order valence-corrected chi connectivity index (χ4v) is 1.74. The van der Waals surface area contributed by atoms with E-state index in [-0.39, 0.29) is 11.9 Å². The molecule has 0 aliphatic rings.